The summed E-state index contributed by atoms with van der Waals surface area (Å²) in [5, 5.41) is 12.8. The van der Waals surface area contributed by atoms with Crippen LogP contribution in [0.1, 0.15) is 49.2 Å². The molecule has 6 heteroatoms. The normalized spacial score (nSPS) is 20.7. The predicted molar refractivity (Wildman–Crippen MR) is 106 cm³/mol. The average Bonchev–Trinajstić information content (AvgIpc) is 3.24. The lowest BCUT2D eigenvalue weighted by molar-refractivity contribution is 0.119. The maximum atomic E-state index is 6.86. The van der Waals surface area contributed by atoms with Crippen molar-refractivity contribution in [3.63, 3.8) is 0 Å². The van der Waals surface area contributed by atoms with E-state index in [1.807, 2.05) is 16.7 Å². The largest absolute Gasteiger partial charge is 0.484 e. The lowest BCUT2D eigenvalue weighted by Crippen LogP contribution is -2.42. The Labute approximate surface area is 163 Å². The molecule has 1 saturated heterocycles. The van der Waals surface area contributed by atoms with E-state index in [2.05, 4.69) is 46.7 Å². The van der Waals surface area contributed by atoms with Crippen LogP contribution in [-0.2, 0) is 11.8 Å². The molecule has 1 aromatic carbocycles. The highest BCUT2D eigenvalue weighted by molar-refractivity contribution is 6.34. The minimum absolute atomic E-state index is 0.0455. The van der Waals surface area contributed by atoms with Crippen LogP contribution in [0.4, 0.5) is 0 Å². The standard InChI is InChI=1S/C21H23ClN4O/c1-2-5-17-24-25-20-18(22)14(8-13-26(17)20)19-21(9-11-23-12-10-21)15-6-3-4-7-16(15)27-19/h3-4,6-8,13,19,23H,2,5,9-12H2,1H3/t19-/m0/s1. The van der Waals surface area contributed by atoms with Gasteiger partial charge in [-0.15, -0.1) is 10.2 Å². The molecule has 0 saturated carbocycles. The van der Waals surface area contributed by atoms with Gasteiger partial charge in [-0.3, -0.25) is 4.40 Å². The van der Waals surface area contributed by atoms with Crippen LogP contribution < -0.4 is 10.1 Å². The molecule has 140 valence electrons. The lowest BCUT2D eigenvalue weighted by atomic mass is 9.69. The minimum atomic E-state index is -0.0965. The molecular weight excluding hydrogens is 360 g/mol. The first-order valence-corrected chi connectivity index (χ1v) is 10.1. The summed E-state index contributed by atoms with van der Waals surface area (Å²) in [4.78, 5) is 0. The van der Waals surface area contributed by atoms with Crippen LogP contribution in [0, 0.1) is 0 Å². The maximum absolute atomic E-state index is 6.86. The van der Waals surface area contributed by atoms with Gasteiger partial charge in [0.05, 0.1) is 5.02 Å². The van der Waals surface area contributed by atoms with E-state index in [0.717, 1.165) is 61.6 Å². The van der Waals surface area contributed by atoms with Gasteiger partial charge in [0.25, 0.3) is 0 Å². The summed E-state index contributed by atoms with van der Waals surface area (Å²) in [5.74, 6) is 1.93. The Hall–Kier alpha value is -2.11. The number of hydrogen-bond acceptors (Lipinski definition) is 4. The zero-order chi connectivity index (χ0) is 18.4. The number of fused-ring (bicyclic) bond motifs is 3. The van der Waals surface area contributed by atoms with Crippen molar-refractivity contribution in [2.75, 3.05) is 13.1 Å². The number of nitrogens with one attached hydrogen (secondary N) is 1. The van der Waals surface area contributed by atoms with Gasteiger partial charge in [0, 0.05) is 29.2 Å². The van der Waals surface area contributed by atoms with Gasteiger partial charge in [-0.05, 0) is 44.5 Å². The Morgan fingerprint density at radius 3 is 2.85 bits per heavy atom. The van der Waals surface area contributed by atoms with Gasteiger partial charge in [-0.1, -0.05) is 36.7 Å². The fourth-order valence-corrected chi connectivity index (χ4v) is 5.00. The second-order valence-electron chi connectivity index (χ2n) is 7.55. The third-order valence-electron chi connectivity index (χ3n) is 6.04. The first-order chi connectivity index (χ1) is 13.2. The second-order valence-corrected chi connectivity index (χ2v) is 7.92. The smallest absolute Gasteiger partial charge is 0.180 e. The molecule has 0 radical (unpaired) electrons. The molecule has 0 amide bonds. The molecule has 2 aromatic heterocycles. The zero-order valence-corrected chi connectivity index (χ0v) is 16.2. The van der Waals surface area contributed by atoms with Gasteiger partial charge < -0.3 is 10.1 Å². The van der Waals surface area contributed by atoms with E-state index in [4.69, 9.17) is 16.3 Å². The van der Waals surface area contributed by atoms with E-state index in [-0.39, 0.29) is 11.5 Å². The van der Waals surface area contributed by atoms with Crippen LogP contribution in [0.5, 0.6) is 5.75 Å². The number of para-hydroxylation sites is 1. The molecular formula is C21H23ClN4O. The minimum Gasteiger partial charge on any atom is -0.484 e. The number of aryl methyl sites for hydroxylation is 1. The average molecular weight is 383 g/mol. The van der Waals surface area contributed by atoms with Gasteiger partial charge in [0.2, 0.25) is 0 Å². The highest BCUT2D eigenvalue weighted by atomic mass is 35.5. The summed E-state index contributed by atoms with van der Waals surface area (Å²) in [6, 6.07) is 10.5. The van der Waals surface area contributed by atoms with E-state index >= 15 is 0 Å². The summed E-state index contributed by atoms with van der Waals surface area (Å²) in [5.41, 5.74) is 3.00. The molecule has 1 atom stereocenters. The predicted octanol–water partition coefficient (Wildman–Crippen LogP) is 4.09. The van der Waals surface area contributed by atoms with Crippen LogP contribution in [0.25, 0.3) is 5.65 Å². The molecule has 2 aliphatic heterocycles. The van der Waals surface area contributed by atoms with Gasteiger partial charge >= 0.3 is 0 Å². The van der Waals surface area contributed by atoms with E-state index in [9.17, 15) is 0 Å². The first-order valence-electron chi connectivity index (χ1n) is 9.73. The fraction of sp³-hybridized carbons (Fsp3) is 0.429. The Morgan fingerprint density at radius 2 is 2.04 bits per heavy atom. The number of ether oxygens (including phenoxy) is 1. The van der Waals surface area contributed by atoms with E-state index in [1.165, 1.54) is 5.56 Å². The fourth-order valence-electron chi connectivity index (χ4n) is 4.71. The number of piperidine rings is 1. The van der Waals surface area contributed by atoms with Crippen molar-refractivity contribution in [3.8, 4) is 5.75 Å². The lowest BCUT2D eigenvalue weighted by Gasteiger charge is -2.38. The van der Waals surface area contributed by atoms with Crippen LogP contribution in [0.3, 0.4) is 0 Å². The molecule has 2 aliphatic rings. The second kappa shape index (κ2) is 6.50. The van der Waals surface area contributed by atoms with Crippen molar-refractivity contribution >= 4 is 17.2 Å². The third-order valence-corrected chi connectivity index (χ3v) is 6.43. The van der Waals surface area contributed by atoms with Crippen molar-refractivity contribution in [2.45, 2.75) is 44.1 Å². The monoisotopic (exact) mass is 382 g/mol. The van der Waals surface area contributed by atoms with Crippen molar-refractivity contribution < 1.29 is 4.74 Å². The quantitative estimate of drug-likeness (QED) is 0.741. The van der Waals surface area contributed by atoms with E-state index in [0.29, 0.717) is 5.02 Å². The number of nitrogens with zero attached hydrogens (tertiary/aromatic N) is 3. The number of hydrogen-bond donors (Lipinski definition) is 1. The summed E-state index contributed by atoms with van der Waals surface area (Å²) in [6.07, 6.45) is 5.92. The molecule has 1 spiro atoms. The molecule has 0 aliphatic carbocycles. The van der Waals surface area contributed by atoms with Crippen LogP contribution in [0.2, 0.25) is 5.02 Å². The molecule has 4 heterocycles. The SMILES string of the molecule is CCCc1nnc2c(Cl)c([C@@H]3Oc4ccccc4C34CCNCC4)ccn12. The van der Waals surface area contributed by atoms with Gasteiger partial charge in [-0.2, -0.15) is 0 Å². The summed E-state index contributed by atoms with van der Waals surface area (Å²) >= 11 is 6.86. The Balaban J connectivity index is 1.64. The summed E-state index contributed by atoms with van der Waals surface area (Å²) in [7, 11) is 0. The molecule has 5 rings (SSSR count). The molecule has 3 aromatic rings. The van der Waals surface area contributed by atoms with E-state index < -0.39 is 0 Å². The molecule has 0 unspecified atom stereocenters. The van der Waals surface area contributed by atoms with Crippen molar-refractivity contribution in [1.82, 2.24) is 19.9 Å². The first kappa shape index (κ1) is 17.0. The van der Waals surface area contributed by atoms with Crippen molar-refractivity contribution in [2.24, 2.45) is 0 Å². The summed E-state index contributed by atoms with van der Waals surface area (Å²) < 4.78 is 8.51. The Kier molecular flexibility index (Phi) is 4.10. The summed E-state index contributed by atoms with van der Waals surface area (Å²) in [6.45, 7) is 4.11. The number of pyridine rings is 1. The molecule has 0 bridgehead atoms. The van der Waals surface area contributed by atoms with Crippen molar-refractivity contribution in [1.29, 1.82) is 0 Å². The third kappa shape index (κ3) is 2.48. The Bertz CT molecular complexity index is 993. The highest BCUT2D eigenvalue weighted by Crippen LogP contribution is 2.55. The van der Waals surface area contributed by atoms with Crippen molar-refractivity contribution in [3.05, 3.63) is 58.5 Å². The van der Waals surface area contributed by atoms with Gasteiger partial charge in [0.15, 0.2) is 5.65 Å². The molecule has 27 heavy (non-hydrogen) atoms. The van der Waals surface area contributed by atoms with Crippen LogP contribution in [0.15, 0.2) is 36.5 Å². The number of rotatable bonds is 3. The van der Waals surface area contributed by atoms with Gasteiger partial charge in [0.1, 0.15) is 17.7 Å². The Morgan fingerprint density at radius 1 is 1.22 bits per heavy atom. The zero-order valence-electron chi connectivity index (χ0n) is 15.4. The van der Waals surface area contributed by atoms with Gasteiger partial charge in [-0.25, -0.2) is 0 Å². The van der Waals surface area contributed by atoms with E-state index in [1.54, 1.807) is 0 Å². The molecule has 1 N–H and O–H groups in total. The van der Waals surface area contributed by atoms with Crippen LogP contribution >= 0.6 is 11.6 Å². The topological polar surface area (TPSA) is 51.5 Å². The maximum Gasteiger partial charge on any atom is 0.180 e. The number of benzene rings is 1. The highest BCUT2D eigenvalue weighted by Gasteiger charge is 2.50. The molecule has 1 fully saturated rings. The van der Waals surface area contributed by atoms with Crippen LogP contribution in [-0.4, -0.2) is 27.7 Å². The molecule has 5 nitrogen and oxygen atoms in total. The number of halogens is 1. The number of aromatic nitrogens is 3.